The lowest BCUT2D eigenvalue weighted by atomic mass is 10.2. The molecule has 90 valence electrons. The van der Waals surface area contributed by atoms with E-state index < -0.39 is 0 Å². The summed E-state index contributed by atoms with van der Waals surface area (Å²) in [5.74, 6) is 0.674. The van der Waals surface area contributed by atoms with Gasteiger partial charge in [-0.3, -0.25) is 4.98 Å². The average Bonchev–Trinajstić information content (AvgIpc) is 2.40. The summed E-state index contributed by atoms with van der Waals surface area (Å²) in [6, 6.07) is 11.0. The molecule has 0 amide bonds. The number of hydrogen-bond acceptors (Lipinski definition) is 3. The van der Waals surface area contributed by atoms with Crippen LogP contribution < -0.4 is 4.74 Å². The second-order valence-electron chi connectivity index (χ2n) is 3.71. The Morgan fingerprint density at radius 1 is 1.22 bits per heavy atom. The molecule has 0 saturated heterocycles. The van der Waals surface area contributed by atoms with Crippen LogP contribution in [-0.4, -0.2) is 11.6 Å². The third-order valence-electron chi connectivity index (χ3n) is 2.47. The van der Waals surface area contributed by atoms with E-state index in [0.717, 1.165) is 6.42 Å². The Balaban J connectivity index is 1.91. The minimum atomic E-state index is 0.416. The summed E-state index contributed by atoms with van der Waals surface area (Å²) >= 11 is 5.91. The number of aromatic nitrogens is 1. The van der Waals surface area contributed by atoms with Crippen molar-refractivity contribution in [2.45, 2.75) is 6.42 Å². The molecule has 3 nitrogen and oxygen atoms in total. The summed E-state index contributed by atoms with van der Waals surface area (Å²) in [4.78, 5) is 3.95. The van der Waals surface area contributed by atoms with Gasteiger partial charge in [-0.2, -0.15) is 5.26 Å². The van der Waals surface area contributed by atoms with Crippen LogP contribution in [0.15, 0.2) is 42.7 Å². The number of nitriles is 1. The normalized spacial score (nSPS) is 9.78. The second kappa shape index (κ2) is 6.04. The highest BCUT2D eigenvalue weighted by atomic mass is 35.5. The lowest BCUT2D eigenvalue weighted by molar-refractivity contribution is 0.322. The van der Waals surface area contributed by atoms with E-state index in [4.69, 9.17) is 21.6 Å². The maximum atomic E-state index is 8.75. The molecule has 0 fully saturated rings. The Labute approximate surface area is 111 Å². The van der Waals surface area contributed by atoms with E-state index in [1.165, 1.54) is 5.56 Å². The van der Waals surface area contributed by atoms with Gasteiger partial charge in [-0.05, 0) is 29.8 Å². The molecule has 0 atom stereocenters. The highest BCUT2D eigenvalue weighted by molar-refractivity contribution is 6.31. The van der Waals surface area contributed by atoms with Gasteiger partial charge in [0, 0.05) is 24.9 Å². The van der Waals surface area contributed by atoms with Crippen molar-refractivity contribution < 1.29 is 4.74 Å². The first-order valence-electron chi connectivity index (χ1n) is 5.51. The van der Waals surface area contributed by atoms with Gasteiger partial charge in [0.05, 0.1) is 17.2 Å². The van der Waals surface area contributed by atoms with E-state index in [0.29, 0.717) is 22.9 Å². The van der Waals surface area contributed by atoms with E-state index in [2.05, 4.69) is 4.98 Å². The first-order valence-corrected chi connectivity index (χ1v) is 5.89. The van der Waals surface area contributed by atoms with Crippen LogP contribution in [0.1, 0.15) is 11.1 Å². The molecule has 0 bridgehead atoms. The molecular weight excluding hydrogens is 248 g/mol. The summed E-state index contributed by atoms with van der Waals surface area (Å²) < 4.78 is 5.58. The molecule has 1 heterocycles. The first kappa shape index (κ1) is 12.4. The second-order valence-corrected chi connectivity index (χ2v) is 4.11. The lowest BCUT2D eigenvalue weighted by Gasteiger charge is -2.06. The van der Waals surface area contributed by atoms with Gasteiger partial charge in [-0.15, -0.1) is 0 Å². The van der Waals surface area contributed by atoms with Crippen molar-refractivity contribution in [3.8, 4) is 11.8 Å². The van der Waals surface area contributed by atoms with E-state index in [1.807, 2.05) is 18.2 Å². The van der Waals surface area contributed by atoms with Gasteiger partial charge < -0.3 is 4.74 Å². The zero-order valence-electron chi connectivity index (χ0n) is 9.64. The van der Waals surface area contributed by atoms with Gasteiger partial charge in [0.15, 0.2) is 0 Å². The van der Waals surface area contributed by atoms with Crippen LogP contribution in [0.3, 0.4) is 0 Å². The molecule has 0 unspecified atom stereocenters. The van der Waals surface area contributed by atoms with Crippen molar-refractivity contribution in [2.75, 3.05) is 6.61 Å². The fourth-order valence-corrected chi connectivity index (χ4v) is 1.73. The van der Waals surface area contributed by atoms with E-state index in [1.54, 1.807) is 30.6 Å². The third kappa shape index (κ3) is 3.22. The standard InChI is InChI=1S/C14H11ClN2O/c15-14-9-13(2-1-12(14)10-16)18-8-5-11-3-6-17-7-4-11/h1-4,6-7,9H,5,8H2. The predicted octanol–water partition coefficient (Wildman–Crippen LogP) is 3.23. The molecule has 1 aromatic carbocycles. The van der Waals surface area contributed by atoms with Gasteiger partial charge in [0.25, 0.3) is 0 Å². The summed E-state index contributed by atoms with van der Waals surface area (Å²) in [5.41, 5.74) is 1.63. The highest BCUT2D eigenvalue weighted by Crippen LogP contribution is 2.21. The van der Waals surface area contributed by atoms with Crippen molar-refractivity contribution in [3.05, 3.63) is 58.9 Å². The SMILES string of the molecule is N#Cc1ccc(OCCc2ccncc2)cc1Cl. The van der Waals surface area contributed by atoms with E-state index in [9.17, 15) is 0 Å². The molecule has 18 heavy (non-hydrogen) atoms. The number of pyridine rings is 1. The molecule has 0 spiro atoms. The van der Waals surface area contributed by atoms with Crippen LogP contribution in [0.2, 0.25) is 5.02 Å². The van der Waals surface area contributed by atoms with Gasteiger partial charge in [0.2, 0.25) is 0 Å². The molecule has 0 saturated carbocycles. The zero-order valence-corrected chi connectivity index (χ0v) is 10.4. The fourth-order valence-electron chi connectivity index (χ4n) is 1.51. The van der Waals surface area contributed by atoms with Crippen molar-refractivity contribution in [1.82, 2.24) is 4.98 Å². The Hall–Kier alpha value is -2.05. The van der Waals surface area contributed by atoms with Crippen LogP contribution in [0.25, 0.3) is 0 Å². The molecule has 1 aromatic heterocycles. The maximum absolute atomic E-state index is 8.75. The number of benzene rings is 1. The molecule has 2 rings (SSSR count). The summed E-state index contributed by atoms with van der Waals surface area (Å²) in [5, 5.41) is 9.17. The van der Waals surface area contributed by atoms with Crippen LogP contribution in [0.4, 0.5) is 0 Å². The number of ether oxygens (including phenoxy) is 1. The van der Waals surface area contributed by atoms with Crippen molar-refractivity contribution in [1.29, 1.82) is 5.26 Å². The quantitative estimate of drug-likeness (QED) is 0.846. The predicted molar refractivity (Wildman–Crippen MR) is 69.6 cm³/mol. The monoisotopic (exact) mass is 258 g/mol. The molecule has 0 N–H and O–H groups in total. The minimum absolute atomic E-state index is 0.416. The van der Waals surface area contributed by atoms with Crippen molar-refractivity contribution in [3.63, 3.8) is 0 Å². The topological polar surface area (TPSA) is 45.9 Å². The Morgan fingerprint density at radius 2 is 2.00 bits per heavy atom. The van der Waals surface area contributed by atoms with Crippen LogP contribution >= 0.6 is 11.6 Å². The maximum Gasteiger partial charge on any atom is 0.120 e. The van der Waals surface area contributed by atoms with Crippen molar-refractivity contribution in [2.24, 2.45) is 0 Å². The van der Waals surface area contributed by atoms with E-state index >= 15 is 0 Å². The third-order valence-corrected chi connectivity index (χ3v) is 2.78. The Kier molecular flexibility index (Phi) is 4.16. The highest BCUT2D eigenvalue weighted by Gasteiger charge is 2.01. The summed E-state index contributed by atoms with van der Waals surface area (Å²) in [6.45, 7) is 0.562. The number of hydrogen-bond donors (Lipinski definition) is 0. The van der Waals surface area contributed by atoms with E-state index in [-0.39, 0.29) is 0 Å². The Bertz CT molecular complexity index is 564. The number of nitrogens with zero attached hydrogens (tertiary/aromatic N) is 2. The molecule has 0 aliphatic rings. The lowest BCUT2D eigenvalue weighted by Crippen LogP contribution is -2.01. The zero-order chi connectivity index (χ0) is 12.8. The summed E-state index contributed by atoms with van der Waals surface area (Å²) in [7, 11) is 0. The number of halogens is 1. The molecule has 0 aliphatic carbocycles. The minimum Gasteiger partial charge on any atom is -0.493 e. The molecule has 2 aromatic rings. The summed E-state index contributed by atoms with van der Waals surface area (Å²) in [6.07, 6.45) is 4.32. The van der Waals surface area contributed by atoms with Crippen LogP contribution in [0.5, 0.6) is 5.75 Å². The van der Waals surface area contributed by atoms with Gasteiger partial charge >= 0.3 is 0 Å². The molecule has 0 radical (unpaired) electrons. The van der Waals surface area contributed by atoms with Crippen molar-refractivity contribution >= 4 is 11.6 Å². The van der Waals surface area contributed by atoms with Crippen LogP contribution in [0, 0.1) is 11.3 Å². The fraction of sp³-hybridized carbons (Fsp3) is 0.143. The van der Waals surface area contributed by atoms with Gasteiger partial charge in [0.1, 0.15) is 11.8 Å². The van der Waals surface area contributed by atoms with Gasteiger partial charge in [-0.1, -0.05) is 11.6 Å². The molecule has 4 heteroatoms. The Morgan fingerprint density at radius 3 is 2.67 bits per heavy atom. The first-order chi connectivity index (χ1) is 8.79. The smallest absolute Gasteiger partial charge is 0.120 e. The molecular formula is C14H11ClN2O. The number of rotatable bonds is 4. The van der Waals surface area contributed by atoms with Gasteiger partial charge in [-0.25, -0.2) is 0 Å². The molecule has 0 aliphatic heterocycles. The van der Waals surface area contributed by atoms with Crippen LogP contribution in [-0.2, 0) is 6.42 Å². The average molecular weight is 259 g/mol. The largest absolute Gasteiger partial charge is 0.493 e.